The lowest BCUT2D eigenvalue weighted by Gasteiger charge is -2.02. The molecule has 0 saturated carbocycles. The maximum atomic E-state index is 12.4. The van der Waals surface area contributed by atoms with E-state index in [2.05, 4.69) is 15.1 Å². The van der Waals surface area contributed by atoms with E-state index in [4.69, 9.17) is 5.73 Å². The largest absolute Gasteiger partial charge is 0.435 e. The van der Waals surface area contributed by atoms with Crippen LogP contribution in [0.25, 0.3) is 5.95 Å². The zero-order valence-corrected chi connectivity index (χ0v) is 9.22. The first-order valence-electron chi connectivity index (χ1n) is 5.15. The van der Waals surface area contributed by atoms with Gasteiger partial charge in [0.25, 0.3) is 0 Å². The molecule has 96 valence electrons. The fourth-order valence-electron chi connectivity index (χ4n) is 1.35. The van der Waals surface area contributed by atoms with Gasteiger partial charge in [0.2, 0.25) is 5.95 Å². The monoisotopic (exact) mass is 257 g/mol. The molecular weight excluding hydrogens is 247 g/mol. The molecule has 0 aliphatic rings. The quantitative estimate of drug-likeness (QED) is 0.896. The minimum atomic E-state index is -4.47. The average molecular weight is 257 g/mol. The van der Waals surface area contributed by atoms with Gasteiger partial charge in [-0.05, 0) is 24.6 Å². The molecule has 0 saturated heterocycles. The van der Waals surface area contributed by atoms with Gasteiger partial charge >= 0.3 is 6.18 Å². The van der Waals surface area contributed by atoms with E-state index in [-0.39, 0.29) is 5.95 Å². The van der Waals surface area contributed by atoms with Gasteiger partial charge in [-0.3, -0.25) is 0 Å². The first kappa shape index (κ1) is 12.5. The highest BCUT2D eigenvalue weighted by molar-refractivity contribution is 5.16. The van der Waals surface area contributed by atoms with Gasteiger partial charge in [-0.2, -0.15) is 18.3 Å². The number of hydrogen-bond donors (Lipinski definition) is 1. The summed E-state index contributed by atoms with van der Waals surface area (Å²) in [6.45, 7) is 0.461. The van der Waals surface area contributed by atoms with E-state index in [0.29, 0.717) is 13.0 Å². The summed E-state index contributed by atoms with van der Waals surface area (Å²) in [6, 6.07) is 0.872. The Bertz CT molecular complexity index is 517. The number of halogens is 3. The van der Waals surface area contributed by atoms with Crippen LogP contribution in [-0.2, 0) is 12.6 Å². The molecule has 8 heteroatoms. The molecule has 0 fully saturated rings. The summed E-state index contributed by atoms with van der Waals surface area (Å²) in [5.41, 5.74) is 5.21. The summed E-state index contributed by atoms with van der Waals surface area (Å²) < 4.78 is 38.0. The molecule has 2 aromatic heterocycles. The van der Waals surface area contributed by atoms with Gasteiger partial charge in [-0.25, -0.2) is 14.6 Å². The number of nitrogens with two attached hydrogens (primary N) is 1. The van der Waals surface area contributed by atoms with E-state index in [1.165, 1.54) is 18.6 Å². The van der Waals surface area contributed by atoms with Crippen LogP contribution in [0, 0.1) is 0 Å². The molecule has 2 heterocycles. The topological polar surface area (TPSA) is 69.6 Å². The van der Waals surface area contributed by atoms with E-state index in [1.54, 1.807) is 0 Å². The minimum Gasteiger partial charge on any atom is -0.330 e. The molecule has 2 N–H and O–H groups in total. The van der Waals surface area contributed by atoms with Crippen LogP contribution < -0.4 is 5.73 Å². The maximum absolute atomic E-state index is 12.4. The van der Waals surface area contributed by atoms with Gasteiger partial charge in [0.05, 0.1) is 0 Å². The third-order valence-corrected chi connectivity index (χ3v) is 2.21. The molecule has 0 unspecified atom stereocenters. The summed E-state index contributed by atoms with van der Waals surface area (Å²) in [6.07, 6.45) is 0.354. The molecule has 5 nitrogen and oxygen atoms in total. The number of aromatic nitrogens is 4. The second-order valence-corrected chi connectivity index (χ2v) is 3.57. The first-order chi connectivity index (χ1) is 8.50. The molecule has 2 rings (SSSR count). The van der Waals surface area contributed by atoms with Gasteiger partial charge in [0.15, 0.2) is 5.69 Å². The van der Waals surface area contributed by atoms with Crippen molar-refractivity contribution in [2.75, 3.05) is 6.54 Å². The lowest BCUT2D eigenvalue weighted by Crippen LogP contribution is -2.09. The van der Waals surface area contributed by atoms with Crippen LogP contribution in [0.3, 0.4) is 0 Å². The van der Waals surface area contributed by atoms with Crippen LogP contribution in [-0.4, -0.2) is 26.3 Å². The number of alkyl halides is 3. The fourth-order valence-corrected chi connectivity index (χ4v) is 1.35. The third kappa shape index (κ3) is 2.65. The highest BCUT2D eigenvalue weighted by Gasteiger charge is 2.33. The zero-order valence-electron chi connectivity index (χ0n) is 9.22. The second kappa shape index (κ2) is 4.73. The van der Waals surface area contributed by atoms with Crippen LogP contribution in [0.5, 0.6) is 0 Å². The molecule has 0 radical (unpaired) electrons. The van der Waals surface area contributed by atoms with Gasteiger partial charge in [-0.1, -0.05) is 0 Å². The molecule has 0 spiro atoms. The van der Waals surface area contributed by atoms with E-state index < -0.39 is 11.9 Å². The Morgan fingerprint density at radius 2 is 1.89 bits per heavy atom. The van der Waals surface area contributed by atoms with Crippen LogP contribution in [0.1, 0.15) is 11.3 Å². The van der Waals surface area contributed by atoms with E-state index in [0.717, 1.165) is 16.3 Å². The van der Waals surface area contributed by atoms with Crippen LogP contribution in [0.15, 0.2) is 24.7 Å². The Hall–Kier alpha value is -1.96. The van der Waals surface area contributed by atoms with Crippen molar-refractivity contribution in [3.05, 3.63) is 35.9 Å². The lowest BCUT2D eigenvalue weighted by molar-refractivity contribution is -0.141. The molecule has 2 aromatic rings. The molecule has 0 aliphatic carbocycles. The van der Waals surface area contributed by atoms with Gasteiger partial charge in [-0.15, -0.1) is 0 Å². The van der Waals surface area contributed by atoms with Gasteiger partial charge < -0.3 is 5.73 Å². The first-order valence-corrected chi connectivity index (χ1v) is 5.15. The molecule has 18 heavy (non-hydrogen) atoms. The molecule has 0 amide bonds. The smallest absolute Gasteiger partial charge is 0.330 e. The Balaban J connectivity index is 2.23. The van der Waals surface area contributed by atoms with Crippen molar-refractivity contribution in [3.63, 3.8) is 0 Å². The highest BCUT2D eigenvalue weighted by Crippen LogP contribution is 2.27. The van der Waals surface area contributed by atoms with E-state index in [1.807, 2.05) is 0 Å². The average Bonchev–Trinajstić information content (AvgIpc) is 2.79. The maximum Gasteiger partial charge on any atom is 0.435 e. The summed E-state index contributed by atoms with van der Waals surface area (Å²) in [5, 5.41) is 3.37. The van der Waals surface area contributed by atoms with Gasteiger partial charge in [0.1, 0.15) is 0 Å². The summed E-state index contributed by atoms with van der Waals surface area (Å²) in [4.78, 5) is 7.86. The van der Waals surface area contributed by atoms with Crippen molar-refractivity contribution >= 4 is 0 Å². The SMILES string of the molecule is NCCc1cnc(-n2ccc(C(F)(F)F)n2)nc1. The fraction of sp³-hybridized carbons (Fsp3) is 0.300. The van der Waals surface area contributed by atoms with E-state index >= 15 is 0 Å². The molecule has 0 bridgehead atoms. The second-order valence-electron chi connectivity index (χ2n) is 3.57. The van der Waals surface area contributed by atoms with Crippen LogP contribution in [0.2, 0.25) is 0 Å². The number of rotatable bonds is 3. The van der Waals surface area contributed by atoms with Crippen LogP contribution in [0.4, 0.5) is 13.2 Å². The molecular formula is C10H10F3N5. The van der Waals surface area contributed by atoms with E-state index in [9.17, 15) is 13.2 Å². The van der Waals surface area contributed by atoms with Crippen molar-refractivity contribution in [3.8, 4) is 5.95 Å². The predicted octanol–water partition coefficient (Wildman–Crippen LogP) is 1.18. The summed E-state index contributed by atoms with van der Waals surface area (Å²) in [7, 11) is 0. The minimum absolute atomic E-state index is 0.0891. The Kier molecular flexibility index (Phi) is 3.28. The van der Waals surface area contributed by atoms with Crippen LogP contribution >= 0.6 is 0 Å². The molecule has 0 atom stereocenters. The summed E-state index contributed by atoms with van der Waals surface area (Å²) >= 11 is 0. The van der Waals surface area contributed by atoms with Gasteiger partial charge in [0, 0.05) is 18.6 Å². The Labute approximate surface area is 100 Å². The number of nitrogens with zero attached hydrogens (tertiary/aromatic N) is 4. The molecule has 0 aliphatic heterocycles. The Morgan fingerprint density at radius 3 is 2.39 bits per heavy atom. The lowest BCUT2D eigenvalue weighted by atomic mass is 10.2. The highest BCUT2D eigenvalue weighted by atomic mass is 19.4. The predicted molar refractivity (Wildman–Crippen MR) is 56.9 cm³/mol. The zero-order chi connectivity index (χ0) is 13.2. The normalized spacial score (nSPS) is 11.8. The van der Waals surface area contributed by atoms with Crippen molar-refractivity contribution in [2.24, 2.45) is 5.73 Å². The number of hydrogen-bond acceptors (Lipinski definition) is 4. The standard InChI is InChI=1S/C10H10F3N5/c11-10(12,13)8-2-4-18(17-8)9-15-5-7(1-3-14)6-16-9/h2,4-6H,1,3,14H2. The van der Waals surface area contributed by atoms with Crippen molar-refractivity contribution in [1.82, 2.24) is 19.7 Å². The Morgan fingerprint density at radius 1 is 1.22 bits per heavy atom. The summed E-state index contributed by atoms with van der Waals surface area (Å²) in [5.74, 6) is 0.0891. The van der Waals surface area contributed by atoms with Crippen molar-refractivity contribution < 1.29 is 13.2 Å². The van der Waals surface area contributed by atoms with Crippen molar-refractivity contribution in [2.45, 2.75) is 12.6 Å². The molecule has 0 aromatic carbocycles. The third-order valence-electron chi connectivity index (χ3n) is 2.21. The van der Waals surface area contributed by atoms with Crippen molar-refractivity contribution in [1.29, 1.82) is 0 Å².